The normalized spacial score (nSPS) is 19.0. The van der Waals surface area contributed by atoms with Crippen molar-refractivity contribution in [2.45, 2.75) is 38.3 Å². The first-order chi connectivity index (χ1) is 22.0. The second-order valence-electron chi connectivity index (χ2n) is 12.9. The summed E-state index contributed by atoms with van der Waals surface area (Å²) < 4.78 is 30.8. The van der Waals surface area contributed by atoms with Gasteiger partial charge in [-0.15, -0.1) is 0 Å². The van der Waals surface area contributed by atoms with E-state index in [1.807, 2.05) is 6.07 Å². The van der Waals surface area contributed by atoms with Gasteiger partial charge in [-0.1, -0.05) is 11.6 Å². The maximum Gasteiger partial charge on any atom is 0.229 e. The molecule has 6 rings (SSSR count). The van der Waals surface area contributed by atoms with Crippen LogP contribution in [0.2, 0.25) is 5.02 Å². The number of fused-ring (bicyclic) bond motifs is 1. The summed E-state index contributed by atoms with van der Waals surface area (Å²) in [7, 11) is 3.28. The van der Waals surface area contributed by atoms with Crippen LogP contribution in [0.15, 0.2) is 30.5 Å². The SMILES string of the molecule is COc1cc(N2CCC(N3CCC(N(C)C)C3)CC2)c(C)cc1Nc1ncc(Cl)c(Nc2ccc3c(c2P(C)(C)=O)OCCO3)n1. The van der Waals surface area contributed by atoms with E-state index < -0.39 is 7.14 Å². The summed E-state index contributed by atoms with van der Waals surface area (Å²) in [6.45, 7) is 10.8. The predicted molar refractivity (Wildman–Crippen MR) is 187 cm³/mol. The Morgan fingerprint density at radius 2 is 1.80 bits per heavy atom. The Balaban J connectivity index is 1.18. The topological polar surface area (TPSA) is 104 Å². The highest BCUT2D eigenvalue weighted by Crippen LogP contribution is 2.47. The molecule has 0 amide bonds. The van der Waals surface area contributed by atoms with Crippen LogP contribution in [-0.2, 0) is 4.57 Å². The number of hydrogen-bond donors (Lipinski definition) is 2. The minimum Gasteiger partial charge on any atom is -0.494 e. The Hall–Kier alpha value is -3.24. The number of halogens is 1. The van der Waals surface area contributed by atoms with E-state index in [0.717, 1.165) is 37.2 Å². The van der Waals surface area contributed by atoms with Gasteiger partial charge in [0.1, 0.15) is 31.1 Å². The van der Waals surface area contributed by atoms with Gasteiger partial charge in [-0.2, -0.15) is 4.98 Å². The van der Waals surface area contributed by atoms with Crippen molar-refractivity contribution in [2.75, 3.05) is 89.5 Å². The lowest BCUT2D eigenvalue weighted by atomic mass is 10.0. The quantitative estimate of drug-likeness (QED) is 0.280. The van der Waals surface area contributed by atoms with Crippen molar-refractivity contribution in [2.24, 2.45) is 0 Å². The van der Waals surface area contributed by atoms with E-state index >= 15 is 0 Å². The predicted octanol–water partition coefficient (Wildman–Crippen LogP) is 5.56. The molecule has 2 aromatic carbocycles. The van der Waals surface area contributed by atoms with Crippen LogP contribution in [0.25, 0.3) is 0 Å². The fraction of sp³-hybridized carbons (Fsp3) is 0.515. The number of ether oxygens (including phenoxy) is 3. The van der Waals surface area contributed by atoms with Crippen molar-refractivity contribution >= 4 is 52.9 Å². The molecule has 46 heavy (non-hydrogen) atoms. The molecule has 0 bridgehead atoms. The lowest BCUT2D eigenvalue weighted by Crippen LogP contribution is -2.45. The molecule has 3 aliphatic heterocycles. The summed E-state index contributed by atoms with van der Waals surface area (Å²) in [6, 6.07) is 9.11. The van der Waals surface area contributed by atoms with Crippen molar-refractivity contribution in [3.05, 3.63) is 41.0 Å². The number of aryl methyl sites for hydroxylation is 1. The van der Waals surface area contributed by atoms with E-state index in [4.69, 9.17) is 25.8 Å². The second kappa shape index (κ2) is 13.5. The number of nitrogens with one attached hydrogen (secondary N) is 2. The van der Waals surface area contributed by atoms with Crippen molar-refractivity contribution < 1.29 is 18.8 Å². The van der Waals surface area contributed by atoms with E-state index in [2.05, 4.69) is 68.5 Å². The fourth-order valence-electron chi connectivity index (χ4n) is 6.78. The Bertz CT molecular complexity index is 1630. The summed E-state index contributed by atoms with van der Waals surface area (Å²) in [5.41, 5.74) is 3.67. The molecule has 2 N–H and O–H groups in total. The lowest BCUT2D eigenvalue weighted by molar-refractivity contribution is 0.173. The van der Waals surface area contributed by atoms with Crippen LogP contribution in [0.5, 0.6) is 17.2 Å². The zero-order chi connectivity index (χ0) is 32.6. The molecule has 2 saturated heterocycles. The molecule has 4 heterocycles. The van der Waals surface area contributed by atoms with E-state index in [1.165, 1.54) is 31.4 Å². The number of likely N-dealkylation sites (N-methyl/N-ethyl adjacent to an activating group) is 1. The Kier molecular flexibility index (Phi) is 9.57. The standard InChI is InChI=1S/C33H45ClN7O4P/c1-21-17-26(29(43-4)18-27(21)40-12-9-22(10-13-40)41-14-11-23(20-41)39(2)3)37-33-35-19-24(34)32(38-33)36-25-7-8-28-30(45-16-15-44-28)31(25)46(5,6)42/h7-8,17-19,22-23H,9-16,20H2,1-6H3,(H2,35,36,37,38). The summed E-state index contributed by atoms with van der Waals surface area (Å²) in [6.07, 6.45) is 5.11. The van der Waals surface area contributed by atoms with E-state index in [1.54, 1.807) is 26.5 Å². The fourth-order valence-corrected chi connectivity index (χ4v) is 8.29. The number of hydrogen-bond acceptors (Lipinski definition) is 11. The van der Waals surface area contributed by atoms with Gasteiger partial charge >= 0.3 is 0 Å². The van der Waals surface area contributed by atoms with Gasteiger partial charge in [0.2, 0.25) is 5.95 Å². The zero-order valence-corrected chi connectivity index (χ0v) is 29.3. The highest BCUT2D eigenvalue weighted by molar-refractivity contribution is 7.70. The average molecular weight is 670 g/mol. The molecule has 0 aliphatic carbocycles. The third-order valence-corrected chi connectivity index (χ3v) is 11.0. The number of aromatic nitrogens is 2. The van der Waals surface area contributed by atoms with Crippen molar-refractivity contribution in [1.82, 2.24) is 19.8 Å². The molecule has 1 unspecified atom stereocenters. The van der Waals surface area contributed by atoms with Crippen LogP contribution < -0.4 is 35.0 Å². The number of piperidine rings is 1. The largest absolute Gasteiger partial charge is 0.494 e. The Morgan fingerprint density at radius 1 is 1.04 bits per heavy atom. The summed E-state index contributed by atoms with van der Waals surface area (Å²) in [5.74, 6) is 2.49. The molecule has 248 valence electrons. The molecule has 13 heteroatoms. The van der Waals surface area contributed by atoms with Crippen LogP contribution in [0.1, 0.15) is 24.8 Å². The van der Waals surface area contributed by atoms with Crippen molar-refractivity contribution in [3.8, 4) is 17.2 Å². The Morgan fingerprint density at radius 3 is 2.50 bits per heavy atom. The van der Waals surface area contributed by atoms with E-state index in [-0.39, 0.29) is 0 Å². The number of rotatable bonds is 9. The summed E-state index contributed by atoms with van der Waals surface area (Å²) in [5, 5.41) is 7.48. The Labute approximate surface area is 276 Å². The van der Waals surface area contributed by atoms with Gasteiger partial charge in [-0.3, -0.25) is 4.90 Å². The van der Waals surface area contributed by atoms with E-state index in [0.29, 0.717) is 70.3 Å². The average Bonchev–Trinajstić information content (AvgIpc) is 3.53. The minimum absolute atomic E-state index is 0.321. The molecule has 1 aromatic heterocycles. The van der Waals surface area contributed by atoms with Crippen LogP contribution in [-0.4, -0.2) is 106 Å². The third kappa shape index (κ3) is 6.88. The van der Waals surface area contributed by atoms with Crippen molar-refractivity contribution in [3.63, 3.8) is 0 Å². The van der Waals surface area contributed by atoms with Gasteiger partial charge < -0.3 is 39.2 Å². The van der Waals surface area contributed by atoms with Gasteiger partial charge in [-0.05, 0) is 77.4 Å². The number of benzene rings is 2. The highest BCUT2D eigenvalue weighted by atomic mass is 35.5. The molecule has 0 radical (unpaired) electrons. The molecular formula is C33H45ClN7O4P. The first-order valence-electron chi connectivity index (χ1n) is 15.9. The molecule has 1 atom stereocenters. The number of methoxy groups -OCH3 is 1. The third-order valence-electron chi connectivity index (χ3n) is 9.23. The molecule has 3 aromatic rings. The van der Waals surface area contributed by atoms with Gasteiger partial charge in [0.05, 0.1) is 30.0 Å². The number of likely N-dealkylation sites (tertiary alicyclic amines) is 1. The smallest absolute Gasteiger partial charge is 0.229 e. The minimum atomic E-state index is -2.78. The van der Waals surface area contributed by atoms with Crippen LogP contribution in [0.4, 0.5) is 28.8 Å². The molecule has 3 aliphatic rings. The summed E-state index contributed by atoms with van der Waals surface area (Å²) >= 11 is 6.55. The number of anilines is 5. The van der Waals surface area contributed by atoms with Gasteiger partial charge in [0.25, 0.3) is 0 Å². The monoisotopic (exact) mass is 669 g/mol. The highest BCUT2D eigenvalue weighted by Gasteiger charge is 2.32. The van der Waals surface area contributed by atoms with Crippen LogP contribution in [0.3, 0.4) is 0 Å². The van der Waals surface area contributed by atoms with Gasteiger partial charge in [0, 0.05) is 50.0 Å². The second-order valence-corrected chi connectivity index (χ2v) is 16.5. The van der Waals surface area contributed by atoms with Gasteiger partial charge in [-0.25, -0.2) is 4.98 Å². The molecule has 0 saturated carbocycles. The summed E-state index contributed by atoms with van der Waals surface area (Å²) in [4.78, 5) is 16.6. The zero-order valence-electron chi connectivity index (χ0n) is 27.6. The molecule has 11 nitrogen and oxygen atoms in total. The van der Waals surface area contributed by atoms with Crippen LogP contribution >= 0.6 is 18.7 Å². The molecule has 0 spiro atoms. The first-order valence-corrected chi connectivity index (χ1v) is 18.9. The van der Waals surface area contributed by atoms with Crippen molar-refractivity contribution in [1.29, 1.82) is 0 Å². The van der Waals surface area contributed by atoms with Crippen LogP contribution in [0, 0.1) is 6.92 Å². The first kappa shape index (κ1) is 32.7. The molecular weight excluding hydrogens is 625 g/mol. The maximum atomic E-state index is 13.4. The molecule has 2 fully saturated rings. The van der Waals surface area contributed by atoms with Gasteiger partial charge in [0.15, 0.2) is 17.3 Å². The lowest BCUT2D eigenvalue weighted by Gasteiger charge is -2.38. The van der Waals surface area contributed by atoms with E-state index in [9.17, 15) is 4.57 Å². The maximum absolute atomic E-state index is 13.4. The number of nitrogens with zero attached hydrogens (tertiary/aromatic N) is 5.